The second-order valence-corrected chi connectivity index (χ2v) is 4.57. The number of ether oxygens (including phenoxy) is 1. The smallest absolute Gasteiger partial charge is 0.270 e. The number of hydrogen-bond donors (Lipinski definition) is 1. The summed E-state index contributed by atoms with van der Waals surface area (Å²) >= 11 is 0. The van der Waals surface area contributed by atoms with Gasteiger partial charge in [-0.25, -0.2) is 0 Å². The lowest BCUT2D eigenvalue weighted by molar-refractivity contribution is -0.384. The summed E-state index contributed by atoms with van der Waals surface area (Å²) in [5.41, 5.74) is 0.377. The third-order valence-electron chi connectivity index (χ3n) is 2.96. The van der Waals surface area contributed by atoms with E-state index in [4.69, 9.17) is 15.3 Å². The van der Waals surface area contributed by atoms with Gasteiger partial charge in [0.25, 0.3) is 11.6 Å². The summed E-state index contributed by atoms with van der Waals surface area (Å²) < 4.78 is 5.26. The fourth-order valence-corrected chi connectivity index (χ4v) is 1.81. The minimum Gasteiger partial charge on any atom is -0.484 e. The summed E-state index contributed by atoms with van der Waals surface area (Å²) in [4.78, 5) is 21.9. The minimum absolute atomic E-state index is 0.0177. The van der Waals surface area contributed by atoms with E-state index in [0.717, 1.165) is 6.07 Å². The summed E-state index contributed by atoms with van der Waals surface area (Å²) in [6.07, 6.45) is 0. The molecule has 0 saturated heterocycles. The van der Waals surface area contributed by atoms with Crippen LogP contribution in [0.3, 0.4) is 0 Å². The third kappa shape index (κ3) is 4.06. The molecule has 0 bridgehead atoms. The molecule has 1 N–H and O–H groups in total. The van der Waals surface area contributed by atoms with Crippen LogP contribution >= 0.6 is 0 Å². The molecule has 8 heteroatoms. The number of nitro groups is 1. The first-order valence-electron chi connectivity index (χ1n) is 6.65. The third-order valence-corrected chi connectivity index (χ3v) is 2.96. The molecule has 0 heterocycles. The van der Waals surface area contributed by atoms with E-state index in [1.54, 1.807) is 30.3 Å². The molecule has 1 amide bonds. The zero-order valence-corrected chi connectivity index (χ0v) is 12.2. The minimum atomic E-state index is -0.625. The Bertz CT molecular complexity index is 863. The molecule has 24 heavy (non-hydrogen) atoms. The Hall–Kier alpha value is -3.91. The predicted molar refractivity (Wildman–Crippen MR) is 83.1 cm³/mol. The van der Waals surface area contributed by atoms with E-state index in [0.29, 0.717) is 11.3 Å². The van der Waals surface area contributed by atoms with Crippen LogP contribution in [0.25, 0.3) is 0 Å². The average Bonchev–Trinajstić information content (AvgIpc) is 2.60. The van der Waals surface area contributed by atoms with E-state index in [-0.39, 0.29) is 23.5 Å². The molecule has 2 aromatic rings. The van der Waals surface area contributed by atoms with Crippen molar-refractivity contribution in [2.24, 2.45) is 0 Å². The van der Waals surface area contributed by atoms with Crippen LogP contribution in [0.2, 0.25) is 0 Å². The van der Waals surface area contributed by atoms with Crippen LogP contribution in [-0.4, -0.2) is 17.4 Å². The van der Waals surface area contributed by atoms with Gasteiger partial charge in [0.15, 0.2) is 6.61 Å². The summed E-state index contributed by atoms with van der Waals surface area (Å²) in [6, 6.07) is 13.5. The molecular formula is C16H10N4O4. The maximum atomic E-state index is 11.9. The highest BCUT2D eigenvalue weighted by Gasteiger charge is 2.13. The monoisotopic (exact) mass is 322 g/mol. The molecule has 0 spiro atoms. The van der Waals surface area contributed by atoms with Gasteiger partial charge in [0.05, 0.1) is 27.8 Å². The zero-order valence-electron chi connectivity index (χ0n) is 12.2. The summed E-state index contributed by atoms with van der Waals surface area (Å²) in [6.45, 7) is -0.312. The van der Waals surface area contributed by atoms with Crippen LogP contribution in [0.1, 0.15) is 11.1 Å². The molecule has 0 unspecified atom stereocenters. The van der Waals surface area contributed by atoms with Gasteiger partial charge >= 0.3 is 0 Å². The molecular weight excluding hydrogens is 312 g/mol. The number of anilines is 1. The van der Waals surface area contributed by atoms with Crippen LogP contribution in [-0.2, 0) is 4.79 Å². The summed E-state index contributed by atoms with van der Waals surface area (Å²) in [5.74, 6) is -0.113. The van der Waals surface area contributed by atoms with Gasteiger partial charge in [-0.2, -0.15) is 10.5 Å². The normalized spacial score (nSPS) is 9.42. The molecule has 118 valence electrons. The fraction of sp³-hybridized carbons (Fsp3) is 0.0625. The van der Waals surface area contributed by atoms with Crippen molar-refractivity contribution in [2.75, 3.05) is 11.9 Å². The number of hydrogen-bond acceptors (Lipinski definition) is 6. The van der Waals surface area contributed by atoms with Gasteiger partial charge in [0, 0.05) is 12.1 Å². The van der Waals surface area contributed by atoms with E-state index < -0.39 is 10.8 Å². The lowest BCUT2D eigenvalue weighted by atomic mass is 10.1. The summed E-state index contributed by atoms with van der Waals surface area (Å²) in [5, 5.41) is 30.8. The van der Waals surface area contributed by atoms with Crippen molar-refractivity contribution in [1.29, 1.82) is 10.5 Å². The van der Waals surface area contributed by atoms with Gasteiger partial charge in [-0.05, 0) is 30.3 Å². The first-order chi connectivity index (χ1) is 11.5. The number of rotatable bonds is 5. The molecule has 0 atom stereocenters. The molecule has 8 nitrogen and oxygen atoms in total. The van der Waals surface area contributed by atoms with Crippen LogP contribution < -0.4 is 10.1 Å². The number of nitriles is 2. The van der Waals surface area contributed by atoms with Gasteiger partial charge in [-0.3, -0.25) is 14.9 Å². The number of amides is 1. The second-order valence-electron chi connectivity index (χ2n) is 4.57. The first-order valence-corrected chi connectivity index (χ1v) is 6.65. The maximum Gasteiger partial charge on any atom is 0.270 e. The van der Waals surface area contributed by atoms with Gasteiger partial charge in [-0.15, -0.1) is 0 Å². The van der Waals surface area contributed by atoms with E-state index >= 15 is 0 Å². The molecule has 0 aliphatic carbocycles. The van der Waals surface area contributed by atoms with Crippen molar-refractivity contribution in [1.82, 2.24) is 0 Å². The standard InChI is InChI=1S/C16H10N4O4/c17-8-11-1-4-14(5-2-11)24-10-16(21)19-15-6-3-13(20(22)23)7-12(15)9-18/h1-7H,10H2,(H,19,21). The highest BCUT2D eigenvalue weighted by atomic mass is 16.6. The maximum absolute atomic E-state index is 11.9. The highest BCUT2D eigenvalue weighted by Crippen LogP contribution is 2.21. The van der Waals surface area contributed by atoms with Crippen LogP contribution in [0.15, 0.2) is 42.5 Å². The number of benzene rings is 2. The zero-order chi connectivity index (χ0) is 17.5. The molecule has 0 aliphatic heterocycles. The molecule has 2 aromatic carbocycles. The van der Waals surface area contributed by atoms with E-state index in [1.165, 1.54) is 12.1 Å². The predicted octanol–water partition coefficient (Wildman–Crippen LogP) is 2.36. The van der Waals surface area contributed by atoms with Gasteiger partial charge in [-0.1, -0.05) is 0 Å². The number of carbonyl (C=O) groups is 1. The van der Waals surface area contributed by atoms with Crippen molar-refractivity contribution in [3.05, 3.63) is 63.7 Å². The van der Waals surface area contributed by atoms with Crippen molar-refractivity contribution >= 4 is 17.3 Å². The SMILES string of the molecule is N#Cc1ccc(OCC(=O)Nc2ccc([N+](=O)[O-])cc2C#N)cc1. The van der Waals surface area contributed by atoms with Crippen molar-refractivity contribution < 1.29 is 14.5 Å². The first kappa shape index (κ1) is 16.5. The number of nitrogens with one attached hydrogen (secondary N) is 1. The van der Waals surface area contributed by atoms with E-state index in [1.807, 2.05) is 6.07 Å². The average molecular weight is 322 g/mol. The Morgan fingerprint density at radius 1 is 1.17 bits per heavy atom. The Morgan fingerprint density at radius 3 is 2.46 bits per heavy atom. The van der Waals surface area contributed by atoms with Crippen molar-refractivity contribution in [3.63, 3.8) is 0 Å². The molecule has 0 fully saturated rings. The number of nitro benzene ring substituents is 1. The van der Waals surface area contributed by atoms with Gasteiger partial charge < -0.3 is 10.1 Å². The van der Waals surface area contributed by atoms with Gasteiger partial charge in [0.2, 0.25) is 0 Å². The molecule has 0 aromatic heterocycles. The second kappa shape index (κ2) is 7.38. The number of non-ortho nitro benzene ring substituents is 1. The molecule has 2 rings (SSSR count). The number of nitrogens with zero attached hydrogens (tertiary/aromatic N) is 3. The highest BCUT2D eigenvalue weighted by molar-refractivity contribution is 5.93. The topological polar surface area (TPSA) is 129 Å². The quantitative estimate of drug-likeness (QED) is 0.664. The molecule has 0 radical (unpaired) electrons. The Kier molecular flexibility index (Phi) is 5.06. The van der Waals surface area contributed by atoms with E-state index in [9.17, 15) is 14.9 Å². The molecule has 0 aliphatic rings. The van der Waals surface area contributed by atoms with Crippen LogP contribution in [0.5, 0.6) is 5.75 Å². The largest absolute Gasteiger partial charge is 0.484 e. The lowest BCUT2D eigenvalue weighted by Gasteiger charge is -2.08. The number of carbonyl (C=O) groups excluding carboxylic acids is 1. The Balaban J connectivity index is 2.00. The fourth-order valence-electron chi connectivity index (χ4n) is 1.81. The summed E-state index contributed by atoms with van der Waals surface area (Å²) in [7, 11) is 0. The Morgan fingerprint density at radius 2 is 1.88 bits per heavy atom. The lowest BCUT2D eigenvalue weighted by Crippen LogP contribution is -2.20. The van der Waals surface area contributed by atoms with Gasteiger partial charge in [0.1, 0.15) is 11.8 Å². The van der Waals surface area contributed by atoms with Crippen molar-refractivity contribution in [2.45, 2.75) is 0 Å². The Labute approximate surface area is 136 Å². The van der Waals surface area contributed by atoms with E-state index in [2.05, 4.69) is 5.32 Å². The molecule has 0 saturated carbocycles. The van der Waals surface area contributed by atoms with Crippen molar-refractivity contribution in [3.8, 4) is 17.9 Å². The van der Waals surface area contributed by atoms with Crippen LogP contribution in [0.4, 0.5) is 11.4 Å². The van der Waals surface area contributed by atoms with Crippen LogP contribution in [0, 0.1) is 32.8 Å².